The van der Waals surface area contributed by atoms with Gasteiger partial charge in [0.2, 0.25) is 0 Å². The predicted molar refractivity (Wildman–Crippen MR) is 108 cm³/mol. The summed E-state index contributed by atoms with van der Waals surface area (Å²) in [6, 6.07) is 4.07. The van der Waals surface area contributed by atoms with Gasteiger partial charge in [-0.3, -0.25) is 15.1 Å². The van der Waals surface area contributed by atoms with E-state index in [1.807, 2.05) is 30.5 Å². The molecule has 1 aliphatic rings. The topological polar surface area (TPSA) is 97.4 Å². The second-order valence-electron chi connectivity index (χ2n) is 6.99. The number of anilines is 2. The molecule has 0 amide bonds. The van der Waals surface area contributed by atoms with E-state index in [4.69, 9.17) is 9.72 Å². The minimum Gasteiger partial charge on any atom is -0.378 e. The maximum atomic E-state index is 5.28. The van der Waals surface area contributed by atoms with E-state index in [0.717, 1.165) is 34.0 Å². The van der Waals surface area contributed by atoms with E-state index in [1.54, 1.807) is 24.2 Å². The van der Waals surface area contributed by atoms with E-state index in [0.29, 0.717) is 12.4 Å². The van der Waals surface area contributed by atoms with Crippen LogP contribution in [-0.4, -0.2) is 36.2 Å². The van der Waals surface area contributed by atoms with Crippen LogP contribution in [0.5, 0.6) is 0 Å². The summed E-state index contributed by atoms with van der Waals surface area (Å²) in [4.78, 5) is 13.7. The summed E-state index contributed by atoms with van der Waals surface area (Å²) >= 11 is 0. The van der Waals surface area contributed by atoms with Crippen LogP contribution in [0, 0.1) is 0 Å². The van der Waals surface area contributed by atoms with Crippen molar-refractivity contribution in [3.63, 3.8) is 0 Å². The minimum atomic E-state index is -0.00982. The van der Waals surface area contributed by atoms with Gasteiger partial charge in [0.05, 0.1) is 42.6 Å². The fourth-order valence-corrected chi connectivity index (χ4v) is 3.47. The molecule has 0 spiro atoms. The molecule has 2 N–H and O–H groups in total. The van der Waals surface area contributed by atoms with Crippen molar-refractivity contribution in [1.29, 1.82) is 0 Å². The highest BCUT2D eigenvalue weighted by Gasteiger charge is 2.28. The summed E-state index contributed by atoms with van der Waals surface area (Å²) < 4.78 is 9.08. The first-order valence-electron chi connectivity index (χ1n) is 9.26. The van der Waals surface area contributed by atoms with Crippen molar-refractivity contribution in [3.8, 4) is 11.3 Å². The van der Waals surface area contributed by atoms with Gasteiger partial charge in [-0.25, -0.2) is 15.0 Å². The van der Waals surface area contributed by atoms with Crippen LogP contribution in [0.25, 0.3) is 16.9 Å². The Kier molecular flexibility index (Phi) is 4.14. The number of ether oxygens (including phenoxy) is 1. The maximum Gasteiger partial charge on any atom is 0.190 e. The third-order valence-corrected chi connectivity index (χ3v) is 5.04. The summed E-state index contributed by atoms with van der Waals surface area (Å²) in [6.07, 6.45) is 9.37. The van der Waals surface area contributed by atoms with Crippen molar-refractivity contribution in [2.45, 2.75) is 19.6 Å². The van der Waals surface area contributed by atoms with Crippen LogP contribution in [0.4, 0.5) is 11.6 Å². The van der Waals surface area contributed by atoms with Gasteiger partial charge >= 0.3 is 0 Å². The van der Waals surface area contributed by atoms with Gasteiger partial charge in [0.15, 0.2) is 11.6 Å². The van der Waals surface area contributed by atoms with E-state index < -0.39 is 0 Å². The lowest BCUT2D eigenvalue weighted by Crippen LogP contribution is -2.38. The Balaban J connectivity index is 1.49. The molecule has 5 heterocycles. The molecule has 4 aromatic rings. The van der Waals surface area contributed by atoms with Crippen LogP contribution in [0.15, 0.2) is 43.1 Å². The lowest BCUT2D eigenvalue weighted by atomic mass is 10.1. The molecule has 0 fully saturated rings. The maximum absolute atomic E-state index is 5.28. The molecule has 1 atom stereocenters. The molecule has 0 unspecified atom stereocenters. The van der Waals surface area contributed by atoms with Gasteiger partial charge < -0.3 is 9.14 Å². The molecular weight excluding hydrogens is 370 g/mol. The number of imidazole rings is 1. The SMILES string of the molecule is COCc1cnc2ccc([C@H](C)N3NNc4ncc(-c5cnn(C)c5)nc43)cn12. The molecular formula is C19H21N9O. The lowest BCUT2D eigenvalue weighted by Gasteiger charge is -2.25. The largest absolute Gasteiger partial charge is 0.378 e. The van der Waals surface area contributed by atoms with Crippen LogP contribution in [0.3, 0.4) is 0 Å². The third kappa shape index (κ3) is 2.98. The van der Waals surface area contributed by atoms with Crippen molar-refractivity contribution in [1.82, 2.24) is 34.7 Å². The van der Waals surface area contributed by atoms with Crippen molar-refractivity contribution in [2.75, 3.05) is 17.5 Å². The van der Waals surface area contributed by atoms with Crippen LogP contribution in [0.2, 0.25) is 0 Å². The number of nitrogens with one attached hydrogen (secondary N) is 2. The van der Waals surface area contributed by atoms with Gasteiger partial charge in [-0.05, 0) is 18.6 Å². The van der Waals surface area contributed by atoms with Crippen LogP contribution in [-0.2, 0) is 18.4 Å². The molecule has 10 nitrogen and oxygen atoms in total. The smallest absolute Gasteiger partial charge is 0.190 e. The van der Waals surface area contributed by atoms with Gasteiger partial charge in [0.1, 0.15) is 5.65 Å². The fraction of sp³-hybridized carbons (Fsp3) is 0.263. The van der Waals surface area contributed by atoms with E-state index in [2.05, 4.69) is 49.6 Å². The Hall–Kier alpha value is -3.50. The highest BCUT2D eigenvalue weighted by atomic mass is 16.5. The molecule has 5 rings (SSSR count). The minimum absolute atomic E-state index is 0.00982. The quantitative estimate of drug-likeness (QED) is 0.534. The number of nitrogens with zero attached hydrogens (tertiary/aromatic N) is 7. The third-order valence-electron chi connectivity index (χ3n) is 5.04. The molecule has 0 saturated carbocycles. The zero-order chi connectivity index (χ0) is 20.0. The number of aryl methyl sites for hydroxylation is 1. The van der Waals surface area contributed by atoms with Crippen molar-refractivity contribution < 1.29 is 4.74 Å². The first-order valence-corrected chi connectivity index (χ1v) is 9.26. The van der Waals surface area contributed by atoms with Gasteiger partial charge in [0, 0.05) is 32.1 Å². The second kappa shape index (κ2) is 6.83. The monoisotopic (exact) mass is 391 g/mol. The van der Waals surface area contributed by atoms with Gasteiger partial charge in [-0.1, -0.05) is 6.07 Å². The molecule has 1 aliphatic heterocycles. The number of hydrogen-bond acceptors (Lipinski definition) is 8. The summed E-state index contributed by atoms with van der Waals surface area (Å²) in [6.45, 7) is 2.61. The van der Waals surface area contributed by atoms with Gasteiger partial charge in [-0.2, -0.15) is 5.10 Å². The zero-order valence-corrected chi connectivity index (χ0v) is 16.4. The Morgan fingerprint density at radius 2 is 2.03 bits per heavy atom. The zero-order valence-electron chi connectivity index (χ0n) is 16.4. The molecule has 0 radical (unpaired) electrons. The summed E-state index contributed by atoms with van der Waals surface area (Å²) in [5, 5.41) is 6.19. The number of hydrogen-bond donors (Lipinski definition) is 2. The average molecular weight is 391 g/mol. The summed E-state index contributed by atoms with van der Waals surface area (Å²) in [7, 11) is 3.56. The van der Waals surface area contributed by atoms with E-state index in [9.17, 15) is 0 Å². The molecule has 10 heteroatoms. The summed E-state index contributed by atoms with van der Waals surface area (Å²) in [5.41, 5.74) is 10.9. The molecule has 29 heavy (non-hydrogen) atoms. The van der Waals surface area contributed by atoms with E-state index in [1.165, 1.54) is 0 Å². The van der Waals surface area contributed by atoms with Crippen LogP contribution >= 0.6 is 0 Å². The highest BCUT2D eigenvalue weighted by molar-refractivity contribution is 5.69. The average Bonchev–Trinajstić information content (AvgIpc) is 3.45. The first kappa shape index (κ1) is 17.6. The molecule has 148 valence electrons. The molecule has 0 aliphatic carbocycles. The normalized spacial score (nSPS) is 14.2. The molecule has 0 aromatic carbocycles. The number of fused-ring (bicyclic) bond motifs is 2. The van der Waals surface area contributed by atoms with Crippen molar-refractivity contribution in [2.24, 2.45) is 7.05 Å². The highest BCUT2D eigenvalue weighted by Crippen LogP contribution is 2.33. The molecule has 4 aromatic heterocycles. The Labute approximate surface area is 167 Å². The van der Waals surface area contributed by atoms with Crippen molar-refractivity contribution >= 4 is 17.3 Å². The second-order valence-corrected chi connectivity index (χ2v) is 6.99. The Morgan fingerprint density at radius 3 is 2.83 bits per heavy atom. The predicted octanol–water partition coefficient (Wildman–Crippen LogP) is 2.08. The number of aromatic nitrogens is 6. The van der Waals surface area contributed by atoms with E-state index in [-0.39, 0.29) is 6.04 Å². The van der Waals surface area contributed by atoms with Gasteiger partial charge in [-0.15, -0.1) is 5.53 Å². The fourth-order valence-electron chi connectivity index (χ4n) is 3.47. The number of methoxy groups -OCH3 is 1. The number of hydrazine groups is 2. The van der Waals surface area contributed by atoms with Crippen LogP contribution in [0.1, 0.15) is 24.2 Å². The Morgan fingerprint density at radius 1 is 1.14 bits per heavy atom. The van der Waals surface area contributed by atoms with Crippen molar-refractivity contribution in [3.05, 3.63) is 54.4 Å². The molecule has 0 saturated heterocycles. The number of pyridine rings is 1. The summed E-state index contributed by atoms with van der Waals surface area (Å²) in [5.74, 6) is 1.43. The molecule has 0 bridgehead atoms. The van der Waals surface area contributed by atoms with E-state index >= 15 is 0 Å². The Bertz CT molecular complexity index is 1180. The number of rotatable bonds is 5. The van der Waals surface area contributed by atoms with Crippen LogP contribution < -0.4 is 16.0 Å². The first-order chi connectivity index (χ1) is 14.1. The lowest BCUT2D eigenvalue weighted by molar-refractivity contribution is 0.181. The van der Waals surface area contributed by atoms with Gasteiger partial charge in [0.25, 0.3) is 0 Å². The standard InChI is InChI=1S/C19H21N9O/c1-12(13-4-5-17-20-7-15(11-29-3)27(17)10-13)28-19-18(24-25-28)21-8-16(23-19)14-6-22-26(2)9-14/h4-10,12,25H,11H2,1-3H3,(H,21,24)/t12-/m0/s1.